The maximum absolute atomic E-state index is 11.6. The summed E-state index contributed by atoms with van der Waals surface area (Å²) in [6.07, 6.45) is 1.60. The van der Waals surface area contributed by atoms with Crippen LogP contribution in [-0.4, -0.2) is 36.1 Å². The van der Waals surface area contributed by atoms with Gasteiger partial charge in [-0.3, -0.25) is 9.59 Å². The molecule has 0 aromatic heterocycles. The molecular weight excluding hydrogens is 196 g/mol. The quantitative estimate of drug-likeness (QED) is 0.584. The normalized spacial score (nSPS) is 23.1. The second-order valence-electron chi connectivity index (χ2n) is 3.96. The second kappa shape index (κ2) is 5.70. The predicted octanol–water partition coefficient (Wildman–Crippen LogP) is -0.600. The number of aliphatic hydroxyl groups excluding tert-OH is 1. The van der Waals surface area contributed by atoms with Gasteiger partial charge in [-0.1, -0.05) is 0 Å². The summed E-state index contributed by atoms with van der Waals surface area (Å²) in [7, 11) is 0. The van der Waals surface area contributed by atoms with Gasteiger partial charge in [0.1, 0.15) is 0 Å². The van der Waals surface area contributed by atoms with Crippen LogP contribution in [0.15, 0.2) is 0 Å². The molecule has 1 aliphatic rings. The van der Waals surface area contributed by atoms with Crippen LogP contribution < -0.4 is 10.6 Å². The van der Waals surface area contributed by atoms with E-state index in [0.717, 1.165) is 0 Å². The van der Waals surface area contributed by atoms with E-state index in [1.165, 1.54) is 0 Å². The number of nitrogens with one attached hydrogen (secondary N) is 2. The van der Waals surface area contributed by atoms with Gasteiger partial charge in [-0.15, -0.1) is 0 Å². The molecule has 2 atom stereocenters. The minimum Gasteiger partial charge on any atom is -0.396 e. The van der Waals surface area contributed by atoms with E-state index in [-0.39, 0.29) is 30.4 Å². The Bertz CT molecular complexity index is 233. The highest BCUT2D eigenvalue weighted by Crippen LogP contribution is 2.11. The molecule has 0 aromatic carbocycles. The van der Waals surface area contributed by atoms with Gasteiger partial charge in [0.25, 0.3) is 0 Å². The Morgan fingerprint density at radius 2 is 2.47 bits per heavy atom. The summed E-state index contributed by atoms with van der Waals surface area (Å²) in [6.45, 7) is 2.36. The predicted molar refractivity (Wildman–Crippen MR) is 55.0 cm³/mol. The van der Waals surface area contributed by atoms with Crippen LogP contribution in [0.5, 0.6) is 0 Å². The van der Waals surface area contributed by atoms with Gasteiger partial charge in [-0.05, 0) is 19.8 Å². The number of carbonyl (C=O) groups excluding carboxylic acids is 2. The topological polar surface area (TPSA) is 78.4 Å². The smallest absolute Gasteiger partial charge is 0.225 e. The van der Waals surface area contributed by atoms with Gasteiger partial charge in [-0.25, -0.2) is 0 Å². The fourth-order valence-electron chi connectivity index (χ4n) is 1.58. The van der Waals surface area contributed by atoms with Crippen LogP contribution in [0, 0.1) is 5.92 Å². The van der Waals surface area contributed by atoms with Crippen molar-refractivity contribution in [2.24, 2.45) is 5.92 Å². The Morgan fingerprint density at radius 3 is 3.00 bits per heavy atom. The van der Waals surface area contributed by atoms with Gasteiger partial charge in [0.15, 0.2) is 0 Å². The summed E-state index contributed by atoms with van der Waals surface area (Å²) >= 11 is 0. The van der Waals surface area contributed by atoms with Crippen molar-refractivity contribution >= 4 is 11.8 Å². The number of hydrogen-bond acceptors (Lipinski definition) is 3. The van der Waals surface area contributed by atoms with Crippen molar-refractivity contribution in [3.63, 3.8) is 0 Å². The van der Waals surface area contributed by atoms with E-state index in [0.29, 0.717) is 25.8 Å². The Morgan fingerprint density at radius 1 is 1.73 bits per heavy atom. The Balaban J connectivity index is 2.30. The summed E-state index contributed by atoms with van der Waals surface area (Å²) in [5.74, 6) is -0.137. The molecule has 0 aromatic rings. The van der Waals surface area contributed by atoms with Crippen molar-refractivity contribution in [2.45, 2.75) is 32.2 Å². The molecule has 2 amide bonds. The first-order valence-electron chi connectivity index (χ1n) is 5.31. The van der Waals surface area contributed by atoms with Gasteiger partial charge < -0.3 is 15.7 Å². The number of hydrogen-bond donors (Lipinski definition) is 3. The number of aliphatic hydroxyl groups is 1. The molecule has 1 heterocycles. The molecule has 0 radical (unpaired) electrons. The molecule has 15 heavy (non-hydrogen) atoms. The number of amides is 2. The van der Waals surface area contributed by atoms with Crippen LogP contribution in [-0.2, 0) is 9.59 Å². The molecule has 2 unspecified atom stereocenters. The maximum Gasteiger partial charge on any atom is 0.225 e. The summed E-state index contributed by atoms with van der Waals surface area (Å²) < 4.78 is 0. The molecule has 1 saturated heterocycles. The van der Waals surface area contributed by atoms with Crippen molar-refractivity contribution < 1.29 is 14.7 Å². The highest BCUT2D eigenvalue weighted by Gasteiger charge is 2.24. The van der Waals surface area contributed by atoms with Crippen LogP contribution in [0.4, 0.5) is 0 Å². The molecular formula is C10H18N2O3. The second-order valence-corrected chi connectivity index (χ2v) is 3.96. The minimum atomic E-state index is -0.121. The van der Waals surface area contributed by atoms with E-state index in [4.69, 9.17) is 5.11 Å². The molecule has 3 N–H and O–H groups in total. The lowest BCUT2D eigenvalue weighted by Crippen LogP contribution is -2.45. The summed E-state index contributed by atoms with van der Waals surface area (Å²) in [5.41, 5.74) is 0. The zero-order valence-electron chi connectivity index (χ0n) is 8.95. The van der Waals surface area contributed by atoms with Gasteiger partial charge >= 0.3 is 0 Å². The lowest BCUT2D eigenvalue weighted by molar-refractivity contribution is -0.129. The van der Waals surface area contributed by atoms with Crippen molar-refractivity contribution in [3.05, 3.63) is 0 Å². The zero-order valence-corrected chi connectivity index (χ0v) is 8.95. The molecule has 5 heteroatoms. The van der Waals surface area contributed by atoms with Gasteiger partial charge in [-0.2, -0.15) is 0 Å². The lowest BCUT2D eigenvalue weighted by Gasteiger charge is -2.23. The van der Waals surface area contributed by atoms with Crippen LogP contribution >= 0.6 is 0 Å². The third-order valence-corrected chi connectivity index (χ3v) is 2.59. The van der Waals surface area contributed by atoms with Crippen molar-refractivity contribution in [1.29, 1.82) is 0 Å². The highest BCUT2D eigenvalue weighted by atomic mass is 16.3. The lowest BCUT2D eigenvalue weighted by atomic mass is 9.98. The molecule has 86 valence electrons. The Kier molecular flexibility index (Phi) is 4.55. The molecule has 1 rings (SSSR count). The molecule has 1 fully saturated rings. The van der Waals surface area contributed by atoms with E-state index in [1.807, 2.05) is 6.92 Å². The van der Waals surface area contributed by atoms with E-state index < -0.39 is 0 Å². The van der Waals surface area contributed by atoms with E-state index in [1.54, 1.807) is 0 Å². The van der Waals surface area contributed by atoms with Crippen molar-refractivity contribution in [1.82, 2.24) is 10.6 Å². The SMILES string of the molecule is CC(CCO)NC(=O)C1CCC(=O)NC1. The van der Waals surface area contributed by atoms with E-state index in [2.05, 4.69) is 10.6 Å². The van der Waals surface area contributed by atoms with Gasteiger partial charge in [0, 0.05) is 25.6 Å². The number of piperidine rings is 1. The summed E-state index contributed by atoms with van der Waals surface area (Å²) in [6, 6.07) is -0.0138. The largest absolute Gasteiger partial charge is 0.396 e. The van der Waals surface area contributed by atoms with E-state index >= 15 is 0 Å². The summed E-state index contributed by atoms with van der Waals surface area (Å²) in [4.78, 5) is 22.5. The highest BCUT2D eigenvalue weighted by molar-refractivity contribution is 5.83. The van der Waals surface area contributed by atoms with Crippen molar-refractivity contribution in [2.75, 3.05) is 13.2 Å². The maximum atomic E-state index is 11.6. The fraction of sp³-hybridized carbons (Fsp3) is 0.800. The van der Waals surface area contributed by atoms with Crippen LogP contribution in [0.25, 0.3) is 0 Å². The standard InChI is InChI=1S/C10H18N2O3/c1-7(4-5-13)12-10(15)8-2-3-9(14)11-6-8/h7-8,13H,2-6H2,1H3,(H,11,14)(H,12,15). The van der Waals surface area contributed by atoms with Crippen LogP contribution in [0.3, 0.4) is 0 Å². The zero-order chi connectivity index (χ0) is 11.3. The fourth-order valence-corrected chi connectivity index (χ4v) is 1.58. The molecule has 1 aliphatic heterocycles. The average molecular weight is 214 g/mol. The molecule has 0 aliphatic carbocycles. The first-order chi connectivity index (χ1) is 7.13. The third-order valence-electron chi connectivity index (χ3n) is 2.59. The van der Waals surface area contributed by atoms with Gasteiger partial charge in [0.2, 0.25) is 11.8 Å². The van der Waals surface area contributed by atoms with Crippen molar-refractivity contribution in [3.8, 4) is 0 Å². The number of rotatable bonds is 4. The first-order valence-corrected chi connectivity index (χ1v) is 5.31. The molecule has 5 nitrogen and oxygen atoms in total. The Hall–Kier alpha value is -1.10. The summed E-state index contributed by atoms with van der Waals surface area (Å²) in [5, 5.41) is 14.2. The number of carbonyl (C=O) groups is 2. The molecule has 0 saturated carbocycles. The van der Waals surface area contributed by atoms with Crippen LogP contribution in [0.2, 0.25) is 0 Å². The minimum absolute atomic E-state index is 0.0138. The molecule has 0 spiro atoms. The Labute approximate surface area is 89.2 Å². The monoisotopic (exact) mass is 214 g/mol. The average Bonchev–Trinajstić information content (AvgIpc) is 2.18. The first kappa shape index (κ1) is 12.0. The molecule has 0 bridgehead atoms. The third kappa shape index (κ3) is 3.87. The van der Waals surface area contributed by atoms with E-state index in [9.17, 15) is 9.59 Å². The van der Waals surface area contributed by atoms with Gasteiger partial charge in [0.05, 0.1) is 5.92 Å². The van der Waals surface area contributed by atoms with Crippen LogP contribution in [0.1, 0.15) is 26.2 Å².